The van der Waals surface area contributed by atoms with Crippen LogP contribution in [0.5, 0.6) is 0 Å². The maximum Gasteiger partial charge on any atom is 0.141 e. The fraction of sp³-hybridized carbons (Fsp3) is 0.333. The van der Waals surface area contributed by atoms with Crippen LogP contribution in [0.25, 0.3) is 0 Å². The van der Waals surface area contributed by atoms with Crippen LogP contribution in [-0.2, 0) is 6.54 Å². The van der Waals surface area contributed by atoms with Crippen LogP contribution in [0.15, 0.2) is 48.5 Å². The highest BCUT2D eigenvalue weighted by molar-refractivity contribution is 6.30. The molecule has 4 heteroatoms. The van der Waals surface area contributed by atoms with Crippen LogP contribution in [0.3, 0.4) is 0 Å². The largest absolute Gasteiger partial charge is 0.305 e. The molecule has 2 atom stereocenters. The van der Waals surface area contributed by atoms with Crippen LogP contribution < -0.4 is 5.32 Å². The van der Waals surface area contributed by atoms with Gasteiger partial charge in [0.05, 0.1) is 5.02 Å². The molecular weight excluding hydrogens is 299 g/mol. The molecule has 3 rings (SSSR count). The predicted molar refractivity (Wildman–Crippen MR) is 88.5 cm³/mol. The van der Waals surface area contributed by atoms with Gasteiger partial charge in [-0.25, -0.2) is 4.39 Å². The molecule has 0 spiro atoms. The number of benzene rings is 2. The van der Waals surface area contributed by atoms with E-state index in [2.05, 4.69) is 41.4 Å². The normalized spacial score (nSPS) is 22.7. The van der Waals surface area contributed by atoms with Gasteiger partial charge >= 0.3 is 0 Å². The monoisotopic (exact) mass is 318 g/mol. The Balaban J connectivity index is 1.74. The summed E-state index contributed by atoms with van der Waals surface area (Å²) in [6.45, 7) is 5.00. The summed E-state index contributed by atoms with van der Waals surface area (Å²) >= 11 is 5.92. The summed E-state index contributed by atoms with van der Waals surface area (Å²) in [4.78, 5) is 2.43. The van der Waals surface area contributed by atoms with Crippen molar-refractivity contribution in [1.29, 1.82) is 0 Å². The van der Waals surface area contributed by atoms with Gasteiger partial charge in [0.1, 0.15) is 5.82 Å². The second-order valence-corrected chi connectivity index (χ2v) is 6.38. The fourth-order valence-electron chi connectivity index (χ4n) is 3.07. The number of hydrogen-bond acceptors (Lipinski definition) is 2. The zero-order valence-corrected chi connectivity index (χ0v) is 13.4. The van der Waals surface area contributed by atoms with Crippen molar-refractivity contribution in [3.63, 3.8) is 0 Å². The lowest BCUT2D eigenvalue weighted by molar-refractivity contribution is 0.160. The Labute approximate surface area is 135 Å². The van der Waals surface area contributed by atoms with Gasteiger partial charge in [-0.1, -0.05) is 48.0 Å². The lowest BCUT2D eigenvalue weighted by Crippen LogP contribution is -2.50. The second-order valence-electron chi connectivity index (χ2n) is 5.97. The van der Waals surface area contributed by atoms with E-state index in [0.29, 0.717) is 6.04 Å². The molecule has 2 unspecified atom stereocenters. The minimum absolute atomic E-state index is 0.172. The summed E-state index contributed by atoms with van der Waals surface area (Å²) < 4.78 is 13.3. The van der Waals surface area contributed by atoms with Gasteiger partial charge in [0.25, 0.3) is 0 Å². The SMILES string of the molecule is CC1CN(Cc2ccccc2)CC(c2ccc(F)c(Cl)c2)N1. The number of nitrogens with zero attached hydrogens (tertiary/aromatic N) is 1. The van der Waals surface area contributed by atoms with Gasteiger partial charge in [0.15, 0.2) is 0 Å². The molecule has 0 radical (unpaired) electrons. The summed E-state index contributed by atoms with van der Waals surface area (Å²) in [5, 5.41) is 3.76. The molecule has 1 heterocycles. The van der Waals surface area contributed by atoms with E-state index in [1.54, 1.807) is 6.07 Å². The summed E-state index contributed by atoms with van der Waals surface area (Å²) in [6.07, 6.45) is 0. The van der Waals surface area contributed by atoms with E-state index >= 15 is 0 Å². The molecule has 0 bridgehead atoms. The minimum Gasteiger partial charge on any atom is -0.305 e. The smallest absolute Gasteiger partial charge is 0.141 e. The van der Waals surface area contributed by atoms with E-state index in [1.165, 1.54) is 11.6 Å². The third-order valence-corrected chi connectivity index (χ3v) is 4.34. The van der Waals surface area contributed by atoms with Crippen molar-refractivity contribution in [1.82, 2.24) is 10.2 Å². The Kier molecular flexibility index (Phi) is 4.77. The van der Waals surface area contributed by atoms with Crippen molar-refractivity contribution in [3.05, 3.63) is 70.5 Å². The summed E-state index contributed by atoms with van der Waals surface area (Å²) in [5.41, 5.74) is 2.35. The Morgan fingerprint density at radius 1 is 1.18 bits per heavy atom. The van der Waals surface area contributed by atoms with Crippen molar-refractivity contribution in [3.8, 4) is 0 Å². The van der Waals surface area contributed by atoms with Crippen LogP contribution in [-0.4, -0.2) is 24.0 Å². The maximum atomic E-state index is 13.3. The molecule has 1 saturated heterocycles. The van der Waals surface area contributed by atoms with E-state index in [-0.39, 0.29) is 16.9 Å². The van der Waals surface area contributed by atoms with Crippen LogP contribution >= 0.6 is 11.6 Å². The quantitative estimate of drug-likeness (QED) is 0.919. The molecule has 1 N–H and O–H groups in total. The molecule has 0 amide bonds. The van der Waals surface area contributed by atoms with E-state index in [0.717, 1.165) is 25.2 Å². The molecule has 116 valence electrons. The lowest BCUT2D eigenvalue weighted by Gasteiger charge is -2.38. The van der Waals surface area contributed by atoms with E-state index in [1.807, 2.05) is 12.1 Å². The number of hydrogen-bond donors (Lipinski definition) is 1. The van der Waals surface area contributed by atoms with Crippen molar-refractivity contribution < 1.29 is 4.39 Å². The first-order valence-electron chi connectivity index (χ1n) is 7.59. The third kappa shape index (κ3) is 3.67. The van der Waals surface area contributed by atoms with E-state index < -0.39 is 0 Å². The first-order valence-corrected chi connectivity index (χ1v) is 7.97. The molecule has 1 aliphatic rings. The first-order chi connectivity index (χ1) is 10.6. The maximum absolute atomic E-state index is 13.3. The highest BCUT2D eigenvalue weighted by Crippen LogP contribution is 2.25. The fourth-order valence-corrected chi connectivity index (χ4v) is 3.26. The molecule has 0 aliphatic carbocycles. The zero-order chi connectivity index (χ0) is 15.5. The Hall–Kier alpha value is -1.42. The third-order valence-electron chi connectivity index (χ3n) is 4.05. The average Bonchev–Trinajstić information content (AvgIpc) is 2.50. The predicted octanol–water partition coefficient (Wildman–Crippen LogP) is 4.01. The highest BCUT2D eigenvalue weighted by Gasteiger charge is 2.25. The van der Waals surface area contributed by atoms with Gasteiger partial charge in [-0.2, -0.15) is 0 Å². The minimum atomic E-state index is -0.365. The van der Waals surface area contributed by atoms with Crippen LogP contribution in [0.1, 0.15) is 24.1 Å². The molecule has 2 nitrogen and oxygen atoms in total. The van der Waals surface area contributed by atoms with Gasteiger partial charge < -0.3 is 5.32 Å². The molecule has 22 heavy (non-hydrogen) atoms. The van der Waals surface area contributed by atoms with E-state index in [9.17, 15) is 4.39 Å². The Bertz CT molecular complexity index is 632. The van der Waals surface area contributed by atoms with Gasteiger partial charge in [0, 0.05) is 31.7 Å². The van der Waals surface area contributed by atoms with Crippen LogP contribution in [0.2, 0.25) is 5.02 Å². The molecule has 1 aliphatic heterocycles. The average molecular weight is 319 g/mol. The van der Waals surface area contributed by atoms with Crippen LogP contribution in [0.4, 0.5) is 4.39 Å². The molecular formula is C18H20ClFN2. The molecule has 2 aromatic carbocycles. The number of rotatable bonds is 3. The number of halogens is 2. The van der Waals surface area contributed by atoms with Crippen LogP contribution in [0, 0.1) is 5.82 Å². The molecule has 0 aromatic heterocycles. The molecule has 0 saturated carbocycles. The number of nitrogens with one attached hydrogen (secondary N) is 1. The summed E-state index contributed by atoms with van der Waals surface area (Å²) in [7, 11) is 0. The molecule has 1 fully saturated rings. The number of piperazine rings is 1. The summed E-state index contributed by atoms with van der Waals surface area (Å²) in [5.74, 6) is -0.365. The first kappa shape index (κ1) is 15.5. The van der Waals surface area contributed by atoms with Gasteiger partial charge in [-0.3, -0.25) is 4.90 Å². The van der Waals surface area contributed by atoms with Crippen molar-refractivity contribution >= 4 is 11.6 Å². The lowest BCUT2D eigenvalue weighted by atomic mass is 10.0. The Morgan fingerprint density at radius 3 is 2.68 bits per heavy atom. The van der Waals surface area contributed by atoms with Crippen molar-refractivity contribution in [2.75, 3.05) is 13.1 Å². The van der Waals surface area contributed by atoms with Gasteiger partial charge in [0.2, 0.25) is 0 Å². The zero-order valence-electron chi connectivity index (χ0n) is 12.6. The Morgan fingerprint density at radius 2 is 1.95 bits per heavy atom. The second kappa shape index (κ2) is 6.78. The summed E-state index contributed by atoms with van der Waals surface area (Å²) in [6, 6.07) is 16.0. The van der Waals surface area contributed by atoms with Crippen molar-refractivity contribution in [2.24, 2.45) is 0 Å². The topological polar surface area (TPSA) is 15.3 Å². The van der Waals surface area contributed by atoms with Crippen molar-refractivity contribution in [2.45, 2.75) is 25.6 Å². The van der Waals surface area contributed by atoms with E-state index in [4.69, 9.17) is 11.6 Å². The molecule has 2 aromatic rings. The standard InChI is InChI=1S/C18H20ClFN2/c1-13-10-22(11-14-5-3-2-4-6-14)12-18(21-13)15-7-8-17(20)16(19)9-15/h2-9,13,18,21H,10-12H2,1H3. The van der Waals surface area contributed by atoms with Gasteiger partial charge in [-0.15, -0.1) is 0 Å². The van der Waals surface area contributed by atoms with Gasteiger partial charge in [-0.05, 0) is 30.2 Å². The highest BCUT2D eigenvalue weighted by atomic mass is 35.5.